The van der Waals surface area contributed by atoms with Crippen molar-refractivity contribution in [2.24, 2.45) is 0 Å². The van der Waals surface area contributed by atoms with E-state index in [1.165, 1.54) is 0 Å². The molecule has 0 aliphatic carbocycles. The van der Waals surface area contributed by atoms with Crippen LogP contribution in [0, 0.1) is 0 Å². The number of likely N-dealkylation sites (N-methyl/N-ethyl adjacent to an activating group) is 2. The van der Waals surface area contributed by atoms with Crippen LogP contribution in [0.3, 0.4) is 0 Å². The smallest absolute Gasteiger partial charge is 0.0748 e. The molecule has 18 heavy (non-hydrogen) atoms. The van der Waals surface area contributed by atoms with E-state index >= 15 is 0 Å². The maximum Gasteiger partial charge on any atom is 0.0748 e. The summed E-state index contributed by atoms with van der Waals surface area (Å²) in [5, 5.41) is 11.0. The van der Waals surface area contributed by atoms with Gasteiger partial charge in [0, 0.05) is 44.5 Å². The number of aliphatic hydroxyl groups is 1. The Morgan fingerprint density at radius 1 is 1.50 bits per heavy atom. The zero-order chi connectivity index (χ0) is 13.1. The van der Waals surface area contributed by atoms with E-state index in [0.717, 1.165) is 25.2 Å². The molecule has 5 heteroatoms. The van der Waals surface area contributed by atoms with Crippen LogP contribution in [0.2, 0.25) is 5.02 Å². The molecule has 100 valence electrons. The van der Waals surface area contributed by atoms with Crippen molar-refractivity contribution in [3.8, 4) is 0 Å². The second kappa shape index (κ2) is 5.97. The van der Waals surface area contributed by atoms with E-state index in [4.69, 9.17) is 11.6 Å². The van der Waals surface area contributed by atoms with Crippen molar-refractivity contribution < 1.29 is 5.11 Å². The van der Waals surface area contributed by atoms with E-state index in [9.17, 15) is 5.11 Å². The second-order valence-corrected chi connectivity index (χ2v) is 5.46. The minimum atomic E-state index is -0.405. The summed E-state index contributed by atoms with van der Waals surface area (Å²) >= 11 is 6.07. The minimum absolute atomic E-state index is 0.160. The number of aliphatic hydroxyl groups excluding tert-OH is 1. The zero-order valence-electron chi connectivity index (χ0n) is 10.9. The Morgan fingerprint density at radius 2 is 2.28 bits per heavy atom. The van der Waals surface area contributed by atoms with Gasteiger partial charge in [-0.3, -0.25) is 9.88 Å². The van der Waals surface area contributed by atoms with Crippen LogP contribution in [-0.4, -0.2) is 65.8 Å². The molecule has 1 N–H and O–H groups in total. The number of nitrogens with zero attached hydrogens (tertiary/aromatic N) is 3. The van der Waals surface area contributed by atoms with Gasteiger partial charge < -0.3 is 10.0 Å². The average molecular weight is 270 g/mol. The van der Waals surface area contributed by atoms with Gasteiger partial charge in [0.25, 0.3) is 0 Å². The predicted molar refractivity (Wildman–Crippen MR) is 72.9 cm³/mol. The van der Waals surface area contributed by atoms with Crippen LogP contribution in [0.25, 0.3) is 0 Å². The molecule has 0 saturated carbocycles. The van der Waals surface area contributed by atoms with Crippen LogP contribution >= 0.6 is 11.6 Å². The largest absolute Gasteiger partial charge is 0.391 e. The molecule has 1 saturated heterocycles. The number of piperazine rings is 1. The minimum Gasteiger partial charge on any atom is -0.391 e. The van der Waals surface area contributed by atoms with Crippen molar-refractivity contribution in [2.75, 3.05) is 33.7 Å². The standard InChI is InChI=1S/C13H20ClN3O/c1-16-5-6-17(2)12(9-16)13(18)7-10-3-4-15-8-11(10)14/h3-4,8,12-13,18H,5-7,9H2,1-2H3. The summed E-state index contributed by atoms with van der Waals surface area (Å²) in [7, 11) is 4.15. The molecule has 1 aromatic rings. The summed E-state index contributed by atoms with van der Waals surface area (Å²) in [5.41, 5.74) is 0.959. The third-order valence-corrected chi connectivity index (χ3v) is 3.97. The van der Waals surface area contributed by atoms with Gasteiger partial charge in [-0.1, -0.05) is 11.6 Å². The van der Waals surface area contributed by atoms with E-state index in [2.05, 4.69) is 28.9 Å². The molecule has 0 radical (unpaired) electrons. The van der Waals surface area contributed by atoms with Gasteiger partial charge in [-0.25, -0.2) is 0 Å². The number of hydrogen-bond acceptors (Lipinski definition) is 4. The predicted octanol–water partition coefficient (Wildman–Crippen LogP) is 0.884. The fourth-order valence-electron chi connectivity index (χ4n) is 2.39. The molecule has 2 heterocycles. The van der Waals surface area contributed by atoms with Gasteiger partial charge in [-0.2, -0.15) is 0 Å². The summed E-state index contributed by atoms with van der Waals surface area (Å²) < 4.78 is 0. The number of hydrogen-bond donors (Lipinski definition) is 1. The van der Waals surface area contributed by atoms with Gasteiger partial charge in [0.2, 0.25) is 0 Å². The molecule has 2 atom stereocenters. The number of rotatable bonds is 3. The van der Waals surface area contributed by atoms with Gasteiger partial charge in [0.05, 0.1) is 11.1 Å². The maximum atomic E-state index is 10.4. The molecular weight excluding hydrogens is 250 g/mol. The van der Waals surface area contributed by atoms with Gasteiger partial charge in [0.1, 0.15) is 0 Å². The van der Waals surface area contributed by atoms with Gasteiger partial charge in [-0.15, -0.1) is 0 Å². The molecular formula is C13H20ClN3O. The monoisotopic (exact) mass is 269 g/mol. The fourth-order valence-corrected chi connectivity index (χ4v) is 2.59. The first-order valence-electron chi connectivity index (χ1n) is 6.23. The Balaban J connectivity index is 2.03. The third kappa shape index (κ3) is 3.20. The van der Waals surface area contributed by atoms with Crippen LogP contribution in [0.15, 0.2) is 18.5 Å². The Bertz CT molecular complexity index is 402. The van der Waals surface area contributed by atoms with Crippen molar-refractivity contribution in [1.29, 1.82) is 0 Å². The number of aromatic nitrogens is 1. The SMILES string of the molecule is CN1CCN(C)C(C(O)Cc2ccncc2Cl)C1. The molecule has 0 aromatic carbocycles. The van der Waals surface area contributed by atoms with Crippen molar-refractivity contribution in [3.05, 3.63) is 29.0 Å². The fraction of sp³-hybridized carbons (Fsp3) is 0.615. The van der Waals surface area contributed by atoms with Gasteiger partial charge >= 0.3 is 0 Å². The first-order valence-corrected chi connectivity index (χ1v) is 6.61. The highest BCUT2D eigenvalue weighted by Gasteiger charge is 2.28. The molecule has 0 spiro atoms. The van der Waals surface area contributed by atoms with E-state index < -0.39 is 6.10 Å². The normalized spacial score (nSPS) is 24.1. The lowest BCUT2D eigenvalue weighted by Crippen LogP contribution is -2.55. The summed E-state index contributed by atoms with van der Waals surface area (Å²) in [4.78, 5) is 8.43. The van der Waals surface area contributed by atoms with Crippen LogP contribution in [0.1, 0.15) is 5.56 Å². The molecule has 0 bridgehead atoms. The third-order valence-electron chi connectivity index (χ3n) is 3.63. The summed E-state index contributed by atoms with van der Waals surface area (Å²) in [6.45, 7) is 2.93. The van der Waals surface area contributed by atoms with Crippen LogP contribution in [-0.2, 0) is 6.42 Å². The maximum absolute atomic E-state index is 10.4. The van der Waals surface area contributed by atoms with E-state index in [0.29, 0.717) is 11.4 Å². The van der Waals surface area contributed by atoms with Crippen molar-refractivity contribution in [2.45, 2.75) is 18.6 Å². The average Bonchev–Trinajstić information content (AvgIpc) is 2.35. The molecule has 1 aliphatic rings. The van der Waals surface area contributed by atoms with Gasteiger partial charge in [-0.05, 0) is 25.7 Å². The molecule has 0 amide bonds. The van der Waals surface area contributed by atoms with E-state index in [1.807, 2.05) is 6.07 Å². The first kappa shape index (κ1) is 13.7. The van der Waals surface area contributed by atoms with E-state index in [-0.39, 0.29) is 6.04 Å². The quantitative estimate of drug-likeness (QED) is 0.885. The highest BCUT2D eigenvalue weighted by Crippen LogP contribution is 2.19. The van der Waals surface area contributed by atoms with Crippen LogP contribution in [0.5, 0.6) is 0 Å². The lowest BCUT2D eigenvalue weighted by atomic mass is 10.00. The van der Waals surface area contributed by atoms with Gasteiger partial charge in [0.15, 0.2) is 0 Å². The summed E-state index contributed by atoms with van der Waals surface area (Å²) in [6.07, 6.45) is 3.51. The molecule has 2 unspecified atom stereocenters. The molecule has 2 rings (SSSR count). The number of halogens is 1. The Labute approximate surface area is 113 Å². The number of pyridine rings is 1. The molecule has 1 fully saturated rings. The highest BCUT2D eigenvalue weighted by atomic mass is 35.5. The summed E-state index contributed by atoms with van der Waals surface area (Å²) in [5.74, 6) is 0. The topological polar surface area (TPSA) is 39.6 Å². The Kier molecular flexibility index (Phi) is 4.56. The zero-order valence-corrected chi connectivity index (χ0v) is 11.6. The van der Waals surface area contributed by atoms with Crippen molar-refractivity contribution >= 4 is 11.6 Å². The molecule has 1 aromatic heterocycles. The van der Waals surface area contributed by atoms with Crippen molar-refractivity contribution in [1.82, 2.24) is 14.8 Å². The highest BCUT2D eigenvalue weighted by molar-refractivity contribution is 6.31. The molecule has 1 aliphatic heterocycles. The Morgan fingerprint density at radius 3 is 3.00 bits per heavy atom. The second-order valence-electron chi connectivity index (χ2n) is 5.05. The molecule has 4 nitrogen and oxygen atoms in total. The lowest BCUT2D eigenvalue weighted by molar-refractivity contribution is 0.0153. The van der Waals surface area contributed by atoms with Crippen LogP contribution in [0.4, 0.5) is 0 Å². The lowest BCUT2D eigenvalue weighted by Gasteiger charge is -2.40. The first-order chi connectivity index (χ1) is 8.58. The van der Waals surface area contributed by atoms with Crippen LogP contribution < -0.4 is 0 Å². The Hall–Kier alpha value is -0.680. The van der Waals surface area contributed by atoms with E-state index in [1.54, 1.807) is 12.4 Å². The van der Waals surface area contributed by atoms with Crippen molar-refractivity contribution in [3.63, 3.8) is 0 Å². The summed E-state index contributed by atoms with van der Waals surface area (Å²) in [6, 6.07) is 2.03.